The lowest BCUT2D eigenvalue weighted by molar-refractivity contribution is -0.121. The third kappa shape index (κ3) is 6.05. The van der Waals surface area contributed by atoms with Gasteiger partial charge in [0.05, 0.1) is 0 Å². The standard InChI is InChI=1S/C20H23N3O3/c1-21-19(25)17-11-9-15(10-12-17)14-23-18(24)8-5-13-22-20(26)16-6-3-2-4-7-16/h2-4,6-7,9-12H,5,8,13-14H2,1H3,(H,21,25)(H,22,26)(H,23,24). The summed E-state index contributed by atoms with van der Waals surface area (Å²) in [5, 5.41) is 8.18. The normalized spacial score (nSPS) is 10.0. The first-order valence-electron chi connectivity index (χ1n) is 8.51. The average Bonchev–Trinajstić information content (AvgIpc) is 2.70. The molecule has 6 nitrogen and oxygen atoms in total. The van der Waals surface area contributed by atoms with Gasteiger partial charge in [-0.25, -0.2) is 0 Å². The Kier molecular flexibility index (Phi) is 7.36. The zero-order valence-corrected chi connectivity index (χ0v) is 14.7. The Morgan fingerprint density at radius 2 is 1.46 bits per heavy atom. The second-order valence-corrected chi connectivity index (χ2v) is 5.78. The largest absolute Gasteiger partial charge is 0.355 e. The lowest BCUT2D eigenvalue weighted by atomic mass is 10.1. The van der Waals surface area contributed by atoms with Crippen molar-refractivity contribution in [1.82, 2.24) is 16.0 Å². The van der Waals surface area contributed by atoms with E-state index in [1.165, 1.54) is 0 Å². The molecule has 0 aromatic heterocycles. The van der Waals surface area contributed by atoms with Gasteiger partial charge in [0, 0.05) is 37.7 Å². The molecule has 0 unspecified atom stereocenters. The van der Waals surface area contributed by atoms with Crippen LogP contribution in [0.25, 0.3) is 0 Å². The van der Waals surface area contributed by atoms with Gasteiger partial charge in [-0.1, -0.05) is 30.3 Å². The third-order valence-corrected chi connectivity index (χ3v) is 3.84. The summed E-state index contributed by atoms with van der Waals surface area (Å²) >= 11 is 0. The van der Waals surface area contributed by atoms with E-state index in [9.17, 15) is 14.4 Å². The molecule has 3 amide bonds. The molecule has 0 saturated carbocycles. The summed E-state index contributed by atoms with van der Waals surface area (Å²) in [6.45, 7) is 0.852. The second-order valence-electron chi connectivity index (χ2n) is 5.78. The molecule has 0 aliphatic carbocycles. The minimum Gasteiger partial charge on any atom is -0.355 e. The molecule has 2 aromatic rings. The summed E-state index contributed by atoms with van der Waals surface area (Å²) in [6, 6.07) is 16.0. The molecule has 0 atom stereocenters. The van der Waals surface area contributed by atoms with Crippen LogP contribution < -0.4 is 16.0 Å². The molecule has 0 aliphatic rings. The second kappa shape index (κ2) is 9.98. The first-order valence-corrected chi connectivity index (χ1v) is 8.51. The van der Waals surface area contributed by atoms with Crippen LogP contribution in [0.15, 0.2) is 54.6 Å². The minimum absolute atomic E-state index is 0.0747. The van der Waals surface area contributed by atoms with Gasteiger partial charge in [0.15, 0.2) is 0 Å². The van der Waals surface area contributed by atoms with Gasteiger partial charge in [-0.05, 0) is 36.2 Å². The van der Waals surface area contributed by atoms with Crippen molar-refractivity contribution in [3.63, 3.8) is 0 Å². The van der Waals surface area contributed by atoms with Crippen LogP contribution in [0.4, 0.5) is 0 Å². The van der Waals surface area contributed by atoms with Crippen LogP contribution in [0, 0.1) is 0 Å². The van der Waals surface area contributed by atoms with Crippen molar-refractivity contribution in [2.24, 2.45) is 0 Å². The first-order chi connectivity index (χ1) is 12.6. The number of benzene rings is 2. The maximum atomic E-state index is 11.9. The van der Waals surface area contributed by atoms with Gasteiger partial charge in [0.2, 0.25) is 5.91 Å². The summed E-state index contributed by atoms with van der Waals surface area (Å²) in [6.07, 6.45) is 0.908. The van der Waals surface area contributed by atoms with Crippen LogP contribution in [-0.2, 0) is 11.3 Å². The topological polar surface area (TPSA) is 87.3 Å². The maximum Gasteiger partial charge on any atom is 0.251 e. The fourth-order valence-electron chi connectivity index (χ4n) is 2.35. The number of carbonyl (C=O) groups is 3. The lowest BCUT2D eigenvalue weighted by Crippen LogP contribution is -2.27. The summed E-state index contributed by atoms with van der Waals surface area (Å²) < 4.78 is 0. The molecule has 0 saturated heterocycles. The Labute approximate surface area is 153 Å². The molecule has 0 aliphatic heterocycles. The highest BCUT2D eigenvalue weighted by atomic mass is 16.2. The van der Waals surface area contributed by atoms with E-state index >= 15 is 0 Å². The Hall–Kier alpha value is -3.15. The summed E-state index contributed by atoms with van der Waals surface area (Å²) in [4.78, 5) is 35.2. The fraction of sp³-hybridized carbons (Fsp3) is 0.250. The predicted octanol–water partition coefficient (Wildman–Crippen LogP) is 1.87. The molecule has 0 fully saturated rings. The number of amides is 3. The van der Waals surface area contributed by atoms with E-state index < -0.39 is 0 Å². The molecule has 136 valence electrons. The molecular formula is C20H23N3O3. The predicted molar refractivity (Wildman–Crippen MR) is 99.7 cm³/mol. The van der Waals surface area contributed by atoms with E-state index in [0.29, 0.717) is 37.1 Å². The number of hydrogen-bond acceptors (Lipinski definition) is 3. The van der Waals surface area contributed by atoms with E-state index in [-0.39, 0.29) is 17.7 Å². The van der Waals surface area contributed by atoms with Gasteiger partial charge in [-0.15, -0.1) is 0 Å². The fourth-order valence-corrected chi connectivity index (χ4v) is 2.35. The average molecular weight is 353 g/mol. The summed E-state index contributed by atoms with van der Waals surface area (Å²) in [7, 11) is 1.58. The van der Waals surface area contributed by atoms with E-state index in [1.54, 1.807) is 31.3 Å². The summed E-state index contributed by atoms with van der Waals surface area (Å²) in [5.41, 5.74) is 2.11. The van der Waals surface area contributed by atoms with Gasteiger partial charge < -0.3 is 16.0 Å². The van der Waals surface area contributed by atoms with E-state index in [4.69, 9.17) is 0 Å². The van der Waals surface area contributed by atoms with Crippen LogP contribution in [-0.4, -0.2) is 31.3 Å². The molecule has 0 radical (unpaired) electrons. The van der Waals surface area contributed by atoms with Gasteiger partial charge in [-0.3, -0.25) is 14.4 Å². The quantitative estimate of drug-likeness (QED) is 0.633. The molecule has 26 heavy (non-hydrogen) atoms. The highest BCUT2D eigenvalue weighted by molar-refractivity contribution is 5.94. The number of carbonyl (C=O) groups excluding carboxylic acids is 3. The zero-order valence-electron chi connectivity index (χ0n) is 14.7. The SMILES string of the molecule is CNC(=O)c1ccc(CNC(=O)CCCNC(=O)c2ccccc2)cc1. The van der Waals surface area contributed by atoms with Crippen LogP contribution >= 0.6 is 0 Å². The van der Waals surface area contributed by atoms with Crippen LogP contribution in [0.1, 0.15) is 39.1 Å². The van der Waals surface area contributed by atoms with Gasteiger partial charge in [-0.2, -0.15) is 0 Å². The first kappa shape index (κ1) is 19.2. The molecule has 6 heteroatoms. The Balaban J connectivity index is 1.64. The minimum atomic E-state index is -0.141. The van der Waals surface area contributed by atoms with Crippen LogP contribution in [0.2, 0.25) is 0 Å². The Morgan fingerprint density at radius 1 is 0.808 bits per heavy atom. The number of hydrogen-bond donors (Lipinski definition) is 3. The van der Waals surface area contributed by atoms with Gasteiger partial charge in [0.1, 0.15) is 0 Å². The van der Waals surface area contributed by atoms with Gasteiger partial charge >= 0.3 is 0 Å². The molecular weight excluding hydrogens is 330 g/mol. The van der Waals surface area contributed by atoms with Gasteiger partial charge in [0.25, 0.3) is 11.8 Å². The molecule has 3 N–H and O–H groups in total. The van der Waals surface area contributed by atoms with Crippen LogP contribution in [0.3, 0.4) is 0 Å². The zero-order chi connectivity index (χ0) is 18.8. The van der Waals surface area contributed by atoms with E-state index in [0.717, 1.165) is 5.56 Å². The van der Waals surface area contributed by atoms with Crippen LogP contribution in [0.5, 0.6) is 0 Å². The van der Waals surface area contributed by atoms with Crippen molar-refractivity contribution in [2.75, 3.05) is 13.6 Å². The molecule has 2 aromatic carbocycles. The van der Waals surface area contributed by atoms with Crippen molar-refractivity contribution in [3.05, 3.63) is 71.3 Å². The summed E-state index contributed by atoms with van der Waals surface area (Å²) in [5.74, 6) is -0.352. The van der Waals surface area contributed by atoms with E-state index in [1.807, 2.05) is 30.3 Å². The maximum absolute atomic E-state index is 11.9. The highest BCUT2D eigenvalue weighted by Crippen LogP contribution is 2.04. The third-order valence-electron chi connectivity index (χ3n) is 3.84. The lowest BCUT2D eigenvalue weighted by Gasteiger charge is -2.07. The Bertz CT molecular complexity index is 743. The molecule has 0 bridgehead atoms. The molecule has 0 spiro atoms. The van der Waals surface area contributed by atoms with Crippen molar-refractivity contribution >= 4 is 17.7 Å². The highest BCUT2D eigenvalue weighted by Gasteiger charge is 2.06. The number of rotatable bonds is 8. The van der Waals surface area contributed by atoms with Crippen molar-refractivity contribution in [3.8, 4) is 0 Å². The van der Waals surface area contributed by atoms with Crippen molar-refractivity contribution in [1.29, 1.82) is 0 Å². The van der Waals surface area contributed by atoms with Crippen molar-refractivity contribution < 1.29 is 14.4 Å². The monoisotopic (exact) mass is 353 g/mol. The molecule has 0 heterocycles. The van der Waals surface area contributed by atoms with E-state index in [2.05, 4.69) is 16.0 Å². The Morgan fingerprint density at radius 3 is 2.12 bits per heavy atom. The molecule has 2 rings (SSSR count). The smallest absolute Gasteiger partial charge is 0.251 e. The number of nitrogens with one attached hydrogen (secondary N) is 3. The van der Waals surface area contributed by atoms with Crippen molar-refractivity contribution in [2.45, 2.75) is 19.4 Å².